The number of rotatable bonds is 0. The van der Waals surface area contributed by atoms with Crippen molar-refractivity contribution in [2.75, 3.05) is 0 Å². The Bertz CT molecular complexity index is 264. The van der Waals surface area contributed by atoms with Crippen LogP contribution in [0.2, 0.25) is 0 Å². The maximum Gasteiger partial charge on any atom is -0.0198 e. The van der Waals surface area contributed by atoms with Gasteiger partial charge in [0, 0.05) is 0 Å². The minimum absolute atomic E-state index is 0.879. The van der Waals surface area contributed by atoms with Gasteiger partial charge in [0.25, 0.3) is 0 Å². The van der Waals surface area contributed by atoms with Crippen LogP contribution in [0.4, 0.5) is 0 Å². The first-order chi connectivity index (χ1) is 5.72. The highest BCUT2D eigenvalue weighted by Crippen LogP contribution is 3.02. The molecule has 0 saturated heterocycles. The third-order valence-electron chi connectivity index (χ3n) is 7.38. The Kier molecular flexibility index (Phi) is 0.508. The molecule has 6 saturated carbocycles. The maximum absolute atomic E-state index is 2.60. The minimum atomic E-state index is 0.879. The normalized spacial score (nSPS) is 90.5. The summed E-state index contributed by atoms with van der Waals surface area (Å²) in [7, 11) is 0. The van der Waals surface area contributed by atoms with Crippen molar-refractivity contribution in [1.82, 2.24) is 0 Å². The molecule has 6 aliphatic rings. The van der Waals surface area contributed by atoms with E-state index in [1.165, 1.54) is 35.5 Å². The third-order valence-corrected chi connectivity index (χ3v) is 7.38. The fourth-order valence-electron chi connectivity index (χ4n) is 7.34. The van der Waals surface area contributed by atoms with Crippen molar-refractivity contribution in [1.29, 1.82) is 0 Å². The largest absolute Gasteiger partial charge is 0.0585 e. The quantitative estimate of drug-likeness (QED) is 0.511. The van der Waals surface area contributed by atoms with E-state index in [0.717, 1.165) is 10.8 Å². The topological polar surface area (TPSA) is 0 Å². The summed E-state index contributed by atoms with van der Waals surface area (Å²) >= 11 is 0. The van der Waals surface area contributed by atoms with Gasteiger partial charge in [0.05, 0.1) is 0 Å². The van der Waals surface area contributed by atoms with Gasteiger partial charge in [0.1, 0.15) is 0 Å². The standard InChI is InChI=1S/C12H16/c1-11-7-5-3-4-6-9(7)12(11,2)10(6)8(5)11/h5-10H,3-4H2,1-2H3/t5?,6?,7-,8+,9+,10-,11?,12?. The van der Waals surface area contributed by atoms with Crippen molar-refractivity contribution in [2.45, 2.75) is 26.7 Å². The van der Waals surface area contributed by atoms with Gasteiger partial charge in [-0.15, -0.1) is 0 Å². The van der Waals surface area contributed by atoms with Gasteiger partial charge in [-0.25, -0.2) is 0 Å². The van der Waals surface area contributed by atoms with Crippen LogP contribution in [0.25, 0.3) is 0 Å². The number of hydrogen-bond acceptors (Lipinski definition) is 0. The molecule has 0 heterocycles. The van der Waals surface area contributed by atoms with Crippen LogP contribution in [0.5, 0.6) is 0 Å². The van der Waals surface area contributed by atoms with Crippen molar-refractivity contribution >= 4 is 0 Å². The molecule has 0 spiro atoms. The van der Waals surface area contributed by atoms with E-state index in [9.17, 15) is 0 Å². The van der Waals surface area contributed by atoms with E-state index in [4.69, 9.17) is 0 Å². The van der Waals surface area contributed by atoms with Gasteiger partial charge in [-0.3, -0.25) is 0 Å². The molecule has 6 aliphatic carbocycles. The molecular weight excluding hydrogens is 144 g/mol. The molecule has 0 amide bonds. The summed E-state index contributed by atoms with van der Waals surface area (Å²) in [6.45, 7) is 5.21. The van der Waals surface area contributed by atoms with Gasteiger partial charge in [-0.2, -0.15) is 0 Å². The molecule has 0 nitrogen and oxygen atoms in total. The van der Waals surface area contributed by atoms with E-state index < -0.39 is 0 Å². The molecule has 0 radical (unpaired) electrons. The van der Waals surface area contributed by atoms with Crippen LogP contribution >= 0.6 is 0 Å². The second-order valence-corrected chi connectivity index (χ2v) is 6.57. The molecule has 0 heteroatoms. The lowest BCUT2D eigenvalue weighted by Gasteiger charge is -3.03. The molecule has 0 N–H and O–H groups in total. The average molecular weight is 160 g/mol. The summed E-state index contributed by atoms with van der Waals surface area (Å²) in [5.41, 5.74) is 1.76. The smallest absolute Gasteiger partial charge is 0.0198 e. The molecule has 6 rings (SSSR count). The predicted molar refractivity (Wildman–Crippen MR) is 46.4 cm³/mol. The number of fused-ring (bicyclic) bond motifs is 1. The Morgan fingerprint density at radius 2 is 1.08 bits per heavy atom. The van der Waals surface area contributed by atoms with E-state index in [1.807, 2.05) is 0 Å². The molecule has 4 unspecified atom stereocenters. The first-order valence-electron chi connectivity index (χ1n) is 5.72. The zero-order valence-corrected chi connectivity index (χ0v) is 7.88. The van der Waals surface area contributed by atoms with Gasteiger partial charge in [-0.1, -0.05) is 13.8 Å². The second kappa shape index (κ2) is 1.07. The summed E-state index contributed by atoms with van der Waals surface area (Å²) in [5, 5.41) is 0. The van der Waals surface area contributed by atoms with Gasteiger partial charge in [0.2, 0.25) is 0 Å². The van der Waals surface area contributed by atoms with Crippen LogP contribution in [-0.4, -0.2) is 0 Å². The molecule has 0 aromatic carbocycles. The first kappa shape index (κ1) is 5.67. The van der Waals surface area contributed by atoms with Crippen molar-refractivity contribution in [3.8, 4) is 0 Å². The van der Waals surface area contributed by atoms with Crippen LogP contribution in [0.1, 0.15) is 26.7 Å². The molecule has 12 heavy (non-hydrogen) atoms. The van der Waals surface area contributed by atoms with Crippen molar-refractivity contribution in [3.05, 3.63) is 0 Å². The van der Waals surface area contributed by atoms with Crippen LogP contribution in [0, 0.1) is 46.3 Å². The first-order valence-corrected chi connectivity index (χ1v) is 5.72. The molecule has 8 atom stereocenters. The summed E-state index contributed by atoms with van der Waals surface area (Å²) in [5.74, 6) is 7.31. The average Bonchev–Trinajstić information content (AvgIpc) is 2.14. The molecule has 0 aliphatic heterocycles. The van der Waals surface area contributed by atoms with E-state index in [0.29, 0.717) is 0 Å². The Hall–Kier alpha value is 0. The molecule has 2 bridgehead atoms. The Morgan fingerprint density at radius 3 is 1.42 bits per heavy atom. The van der Waals surface area contributed by atoms with Gasteiger partial charge in [-0.05, 0) is 59.2 Å². The fourth-order valence-corrected chi connectivity index (χ4v) is 7.34. The fraction of sp³-hybridized carbons (Fsp3) is 1.00. The van der Waals surface area contributed by atoms with Gasteiger partial charge >= 0.3 is 0 Å². The van der Waals surface area contributed by atoms with Crippen LogP contribution in [0.3, 0.4) is 0 Å². The summed E-state index contributed by atoms with van der Waals surface area (Å²) in [6, 6.07) is 0. The monoisotopic (exact) mass is 160 g/mol. The van der Waals surface area contributed by atoms with Crippen LogP contribution in [-0.2, 0) is 0 Å². The highest BCUT2D eigenvalue weighted by molar-refractivity contribution is 5.44. The van der Waals surface area contributed by atoms with Crippen molar-refractivity contribution in [2.24, 2.45) is 46.3 Å². The number of hydrogen-bond donors (Lipinski definition) is 0. The lowest BCUT2D eigenvalue weighted by molar-refractivity contribution is -0.560. The summed E-state index contributed by atoms with van der Waals surface area (Å²) in [6.07, 6.45) is 3.22. The Morgan fingerprint density at radius 1 is 0.750 bits per heavy atom. The zero-order valence-electron chi connectivity index (χ0n) is 7.88. The molecule has 6 fully saturated rings. The Balaban J connectivity index is 1.80. The van der Waals surface area contributed by atoms with Crippen LogP contribution in [0.15, 0.2) is 0 Å². The molecule has 0 aromatic heterocycles. The van der Waals surface area contributed by atoms with Crippen molar-refractivity contribution in [3.63, 3.8) is 0 Å². The molecule has 64 valence electrons. The van der Waals surface area contributed by atoms with Gasteiger partial charge in [0.15, 0.2) is 0 Å². The lowest BCUT2D eigenvalue weighted by Crippen LogP contribution is -2.99. The van der Waals surface area contributed by atoms with E-state index in [1.54, 1.807) is 12.8 Å². The van der Waals surface area contributed by atoms with E-state index in [2.05, 4.69) is 13.8 Å². The Labute approximate surface area is 73.7 Å². The summed E-state index contributed by atoms with van der Waals surface area (Å²) in [4.78, 5) is 0. The second-order valence-electron chi connectivity index (χ2n) is 6.57. The third kappa shape index (κ3) is 0.211. The lowest BCUT2D eigenvalue weighted by atomic mass is 9.01. The van der Waals surface area contributed by atoms with Crippen LogP contribution < -0.4 is 0 Å². The van der Waals surface area contributed by atoms with Gasteiger partial charge < -0.3 is 0 Å². The maximum atomic E-state index is 2.60. The molecule has 0 aromatic rings. The minimum Gasteiger partial charge on any atom is -0.0585 e. The highest BCUT2D eigenvalue weighted by Gasteiger charge is 2.98. The van der Waals surface area contributed by atoms with E-state index in [-0.39, 0.29) is 0 Å². The zero-order chi connectivity index (χ0) is 7.88. The van der Waals surface area contributed by atoms with E-state index >= 15 is 0 Å². The highest BCUT2D eigenvalue weighted by atomic mass is 15.0. The van der Waals surface area contributed by atoms with Crippen molar-refractivity contribution < 1.29 is 0 Å². The summed E-state index contributed by atoms with van der Waals surface area (Å²) < 4.78 is 0. The predicted octanol–water partition coefficient (Wildman–Crippen LogP) is 2.54. The molecular formula is C12H16. The SMILES string of the molecule is CC12[C@@H]3C4CCC5[C@H]([C@H]41)C2(C)[C@@H]53.